The van der Waals surface area contributed by atoms with Gasteiger partial charge in [-0.05, 0) is 104 Å². The molecule has 0 saturated carbocycles. The highest BCUT2D eigenvalue weighted by Crippen LogP contribution is 2.40. The highest BCUT2D eigenvalue weighted by Gasteiger charge is 2.19. The molecule has 0 radical (unpaired) electrons. The summed E-state index contributed by atoms with van der Waals surface area (Å²) < 4.78 is 0. The maximum Gasteiger partial charge on any atom is 0.164 e. The van der Waals surface area contributed by atoms with Crippen molar-refractivity contribution in [1.82, 2.24) is 19.9 Å². The van der Waals surface area contributed by atoms with Gasteiger partial charge in [0.25, 0.3) is 0 Å². The number of nitrogens with zero attached hydrogens (tertiary/aromatic N) is 4. The van der Waals surface area contributed by atoms with Crippen molar-refractivity contribution in [1.29, 1.82) is 0 Å². The van der Waals surface area contributed by atoms with Crippen LogP contribution in [-0.2, 0) is 0 Å². The topological polar surface area (TPSA) is 51.6 Å². The van der Waals surface area contributed by atoms with E-state index < -0.39 is 0 Å². The normalized spacial score (nSPS) is 11.5. The van der Waals surface area contributed by atoms with E-state index in [1.165, 1.54) is 21.5 Å². The van der Waals surface area contributed by atoms with E-state index in [0.717, 1.165) is 71.9 Å². The second kappa shape index (κ2) is 12.9. The Morgan fingerprint density at radius 2 is 0.778 bits per heavy atom. The predicted molar refractivity (Wildman–Crippen MR) is 224 cm³/mol. The first-order valence-corrected chi connectivity index (χ1v) is 18.3. The lowest BCUT2D eigenvalue weighted by Gasteiger charge is -2.16. The maximum absolute atomic E-state index is 5.31. The van der Waals surface area contributed by atoms with Gasteiger partial charge < -0.3 is 0 Å². The van der Waals surface area contributed by atoms with Crippen LogP contribution in [0.25, 0.3) is 99.5 Å². The van der Waals surface area contributed by atoms with Gasteiger partial charge >= 0.3 is 0 Å². The molecule has 10 rings (SSSR count). The van der Waals surface area contributed by atoms with Crippen molar-refractivity contribution in [3.8, 4) is 56.4 Å². The van der Waals surface area contributed by atoms with E-state index in [1.807, 2.05) is 6.92 Å². The fourth-order valence-electron chi connectivity index (χ4n) is 7.94. The van der Waals surface area contributed by atoms with E-state index in [-0.39, 0.29) is 0 Å². The van der Waals surface area contributed by atoms with Crippen LogP contribution in [0.3, 0.4) is 0 Å². The second-order valence-electron chi connectivity index (χ2n) is 13.9. The van der Waals surface area contributed by atoms with Crippen LogP contribution in [0.1, 0.15) is 11.4 Å². The summed E-state index contributed by atoms with van der Waals surface area (Å²) in [5, 5.41) is 9.33. The number of benzene rings is 8. The quantitative estimate of drug-likeness (QED) is 0.169. The molecule has 2 aromatic heterocycles. The molecular formula is C50H34N4. The number of rotatable bonds is 5. The SMILES string of the molecule is Cc1ccc(-c2cc(-c3nc(-c4cccc5ccccc45)nc(-c4cccc5ccccc45)n3)cc(-c3cc4ccccc4c4ccccc34)c2)c(C)n1. The van der Waals surface area contributed by atoms with Gasteiger partial charge in [-0.3, -0.25) is 4.98 Å². The zero-order valence-corrected chi connectivity index (χ0v) is 30.0. The Bertz CT molecular complexity index is 2980. The molecule has 0 N–H and O–H groups in total. The van der Waals surface area contributed by atoms with E-state index in [9.17, 15) is 0 Å². The Kier molecular flexibility index (Phi) is 7.55. The Morgan fingerprint density at radius 3 is 1.41 bits per heavy atom. The van der Waals surface area contributed by atoms with Gasteiger partial charge in [0.05, 0.1) is 0 Å². The minimum Gasteiger partial charge on any atom is -0.258 e. The summed E-state index contributed by atoms with van der Waals surface area (Å²) in [6.07, 6.45) is 0. The summed E-state index contributed by atoms with van der Waals surface area (Å²) >= 11 is 0. The van der Waals surface area contributed by atoms with Crippen LogP contribution in [0.4, 0.5) is 0 Å². The molecule has 0 aliphatic carbocycles. The Morgan fingerprint density at radius 1 is 0.296 bits per heavy atom. The van der Waals surface area contributed by atoms with Crippen LogP contribution in [0.2, 0.25) is 0 Å². The van der Waals surface area contributed by atoms with Gasteiger partial charge in [0.2, 0.25) is 0 Å². The summed E-state index contributed by atoms with van der Waals surface area (Å²) in [4.78, 5) is 20.7. The molecule has 0 bridgehead atoms. The molecule has 0 amide bonds. The smallest absolute Gasteiger partial charge is 0.164 e. The molecule has 0 atom stereocenters. The van der Waals surface area contributed by atoms with Crippen molar-refractivity contribution in [3.63, 3.8) is 0 Å². The summed E-state index contributed by atoms with van der Waals surface area (Å²) in [5.74, 6) is 1.88. The molecule has 54 heavy (non-hydrogen) atoms. The van der Waals surface area contributed by atoms with Gasteiger partial charge in [0, 0.05) is 33.6 Å². The molecule has 0 fully saturated rings. The summed E-state index contributed by atoms with van der Waals surface area (Å²) in [7, 11) is 0. The zero-order chi connectivity index (χ0) is 36.2. The molecule has 4 nitrogen and oxygen atoms in total. The standard InChI is InChI=1S/C50H34N4/c1-31-25-26-39(32(2)51-31)36-27-37(47-30-35-15-5-8-20-42(35)43-21-9-10-22-44(43)47)29-38(28-36)48-52-49(45-23-11-16-33-13-3-6-18-40(33)45)54-50(53-48)46-24-12-17-34-14-4-7-19-41(34)46/h3-30H,1-2H3. The van der Waals surface area contributed by atoms with Crippen LogP contribution in [0.15, 0.2) is 170 Å². The third-order valence-corrected chi connectivity index (χ3v) is 10.5. The van der Waals surface area contributed by atoms with E-state index in [2.05, 4.69) is 177 Å². The number of hydrogen-bond acceptors (Lipinski definition) is 4. The Labute approximate surface area is 313 Å². The lowest BCUT2D eigenvalue weighted by molar-refractivity contribution is 1.08. The van der Waals surface area contributed by atoms with E-state index >= 15 is 0 Å². The molecule has 254 valence electrons. The molecule has 0 aliphatic heterocycles. The van der Waals surface area contributed by atoms with Crippen molar-refractivity contribution in [2.24, 2.45) is 0 Å². The van der Waals surface area contributed by atoms with Gasteiger partial charge in [-0.1, -0.05) is 140 Å². The largest absolute Gasteiger partial charge is 0.258 e. The van der Waals surface area contributed by atoms with Crippen molar-refractivity contribution in [2.45, 2.75) is 13.8 Å². The first-order chi connectivity index (χ1) is 26.6. The number of pyridine rings is 1. The van der Waals surface area contributed by atoms with Gasteiger partial charge in [-0.2, -0.15) is 0 Å². The van der Waals surface area contributed by atoms with Gasteiger partial charge in [-0.25, -0.2) is 15.0 Å². The van der Waals surface area contributed by atoms with Crippen LogP contribution in [-0.4, -0.2) is 19.9 Å². The summed E-state index contributed by atoms with van der Waals surface area (Å²) in [6, 6.07) is 60.1. The average molecular weight is 691 g/mol. The van der Waals surface area contributed by atoms with Gasteiger partial charge in [0.15, 0.2) is 17.5 Å². The van der Waals surface area contributed by atoms with Crippen molar-refractivity contribution < 1.29 is 0 Å². The number of fused-ring (bicyclic) bond motifs is 5. The average Bonchev–Trinajstić information content (AvgIpc) is 3.22. The molecule has 8 aromatic carbocycles. The predicted octanol–water partition coefficient (Wildman–Crippen LogP) is 12.8. The second-order valence-corrected chi connectivity index (χ2v) is 13.9. The van der Waals surface area contributed by atoms with Crippen LogP contribution in [0, 0.1) is 13.8 Å². The number of hydrogen-bond donors (Lipinski definition) is 0. The first kappa shape index (κ1) is 31.7. The van der Waals surface area contributed by atoms with Crippen LogP contribution in [0.5, 0.6) is 0 Å². The van der Waals surface area contributed by atoms with E-state index in [1.54, 1.807) is 0 Å². The highest BCUT2D eigenvalue weighted by molar-refractivity contribution is 6.14. The van der Waals surface area contributed by atoms with E-state index in [4.69, 9.17) is 19.9 Å². The summed E-state index contributed by atoms with van der Waals surface area (Å²) in [6.45, 7) is 4.12. The highest BCUT2D eigenvalue weighted by atomic mass is 15.0. The zero-order valence-electron chi connectivity index (χ0n) is 30.0. The lowest BCUT2D eigenvalue weighted by atomic mass is 9.90. The van der Waals surface area contributed by atoms with Crippen molar-refractivity contribution in [2.75, 3.05) is 0 Å². The molecule has 10 aromatic rings. The van der Waals surface area contributed by atoms with Crippen LogP contribution < -0.4 is 0 Å². The molecule has 2 heterocycles. The molecule has 0 aliphatic rings. The molecule has 4 heteroatoms. The molecule has 0 spiro atoms. The monoisotopic (exact) mass is 690 g/mol. The Hall–Kier alpha value is -7.04. The number of aryl methyl sites for hydroxylation is 2. The molecule has 0 unspecified atom stereocenters. The Balaban J connectivity index is 1.28. The minimum absolute atomic E-state index is 0.613. The maximum atomic E-state index is 5.31. The molecular weight excluding hydrogens is 657 g/mol. The fourth-order valence-corrected chi connectivity index (χ4v) is 7.94. The third kappa shape index (κ3) is 5.48. The van der Waals surface area contributed by atoms with Crippen molar-refractivity contribution in [3.05, 3.63) is 181 Å². The summed E-state index contributed by atoms with van der Waals surface area (Å²) in [5.41, 5.74) is 9.18. The van der Waals surface area contributed by atoms with E-state index in [0.29, 0.717) is 17.5 Å². The van der Waals surface area contributed by atoms with Crippen molar-refractivity contribution >= 4 is 43.1 Å². The van der Waals surface area contributed by atoms with Gasteiger partial charge in [0.1, 0.15) is 0 Å². The number of aromatic nitrogens is 4. The molecule has 0 saturated heterocycles. The van der Waals surface area contributed by atoms with Gasteiger partial charge in [-0.15, -0.1) is 0 Å². The lowest BCUT2D eigenvalue weighted by Crippen LogP contribution is -2.01. The fraction of sp³-hybridized carbons (Fsp3) is 0.0400. The third-order valence-electron chi connectivity index (χ3n) is 10.5. The first-order valence-electron chi connectivity index (χ1n) is 18.3. The minimum atomic E-state index is 0.613. The van der Waals surface area contributed by atoms with Crippen LogP contribution >= 0.6 is 0 Å².